The molecule has 1 aromatic carbocycles. The zero-order chi connectivity index (χ0) is 13.5. The summed E-state index contributed by atoms with van der Waals surface area (Å²) in [5.41, 5.74) is 0.351. The molecule has 0 aliphatic rings. The Kier molecular flexibility index (Phi) is 5.05. The first-order valence-electron chi connectivity index (χ1n) is 5.56. The second kappa shape index (κ2) is 6.54. The lowest BCUT2D eigenvalue weighted by Gasteiger charge is -2.14. The summed E-state index contributed by atoms with van der Waals surface area (Å²) in [6.45, 7) is 1.64. The van der Waals surface area contributed by atoms with Crippen LogP contribution in [0.1, 0.15) is 23.7 Å². The van der Waals surface area contributed by atoms with E-state index in [-0.39, 0.29) is 12.3 Å². The van der Waals surface area contributed by atoms with Gasteiger partial charge in [-0.3, -0.25) is 9.59 Å². The van der Waals surface area contributed by atoms with Crippen LogP contribution < -0.4 is 5.32 Å². The molecule has 0 spiro atoms. The summed E-state index contributed by atoms with van der Waals surface area (Å²) < 4.78 is 4.53. The van der Waals surface area contributed by atoms with E-state index in [1.54, 1.807) is 37.3 Å². The summed E-state index contributed by atoms with van der Waals surface area (Å²) in [4.78, 5) is 34.9. The van der Waals surface area contributed by atoms with Gasteiger partial charge in [-0.25, -0.2) is 4.79 Å². The standard InChI is InChI=1S/C13H15NO4/c1-3-10(15)14-11(13(17)18-2)12(16)9-7-5-4-6-8-9/h4-8,11H,3H2,1-2H3,(H,14,15). The topological polar surface area (TPSA) is 72.5 Å². The summed E-state index contributed by atoms with van der Waals surface area (Å²) in [5, 5.41) is 2.35. The number of ketones is 1. The highest BCUT2D eigenvalue weighted by Gasteiger charge is 2.29. The molecule has 0 fully saturated rings. The molecule has 1 amide bonds. The van der Waals surface area contributed by atoms with Gasteiger partial charge in [0.15, 0.2) is 11.8 Å². The molecule has 0 heterocycles. The van der Waals surface area contributed by atoms with Crippen LogP contribution >= 0.6 is 0 Å². The second-order valence-corrected chi connectivity index (χ2v) is 3.61. The van der Waals surface area contributed by atoms with E-state index < -0.39 is 17.8 Å². The fraction of sp³-hybridized carbons (Fsp3) is 0.308. The molecule has 0 aliphatic carbocycles. The highest BCUT2D eigenvalue weighted by molar-refractivity contribution is 6.13. The van der Waals surface area contributed by atoms with E-state index in [4.69, 9.17) is 0 Å². The predicted molar refractivity (Wildman–Crippen MR) is 65.0 cm³/mol. The minimum absolute atomic E-state index is 0.190. The van der Waals surface area contributed by atoms with Crippen molar-refractivity contribution in [3.8, 4) is 0 Å². The number of benzene rings is 1. The average Bonchev–Trinajstić information content (AvgIpc) is 2.43. The molecule has 18 heavy (non-hydrogen) atoms. The van der Waals surface area contributed by atoms with Crippen LogP contribution in [0.4, 0.5) is 0 Å². The Balaban J connectivity index is 2.93. The summed E-state index contributed by atoms with van der Waals surface area (Å²) >= 11 is 0. The van der Waals surface area contributed by atoms with Gasteiger partial charge < -0.3 is 10.1 Å². The maximum atomic E-state index is 12.1. The molecule has 1 atom stereocenters. The number of hydrogen-bond donors (Lipinski definition) is 1. The number of nitrogens with one attached hydrogen (secondary N) is 1. The van der Waals surface area contributed by atoms with E-state index in [1.807, 2.05) is 0 Å². The number of methoxy groups -OCH3 is 1. The van der Waals surface area contributed by atoms with Gasteiger partial charge in [-0.15, -0.1) is 0 Å². The van der Waals surface area contributed by atoms with Gasteiger partial charge in [-0.1, -0.05) is 37.3 Å². The van der Waals surface area contributed by atoms with E-state index in [0.29, 0.717) is 5.56 Å². The number of ether oxygens (including phenoxy) is 1. The molecule has 0 radical (unpaired) electrons. The van der Waals surface area contributed by atoms with Crippen molar-refractivity contribution in [2.75, 3.05) is 7.11 Å². The molecule has 1 unspecified atom stereocenters. The van der Waals surface area contributed by atoms with Crippen LogP contribution in [0.5, 0.6) is 0 Å². The van der Waals surface area contributed by atoms with Crippen LogP contribution in [-0.4, -0.2) is 30.8 Å². The van der Waals surface area contributed by atoms with Crippen LogP contribution in [0, 0.1) is 0 Å². The monoisotopic (exact) mass is 249 g/mol. The molecule has 1 N–H and O–H groups in total. The lowest BCUT2D eigenvalue weighted by atomic mass is 10.0. The van der Waals surface area contributed by atoms with Crippen molar-refractivity contribution in [2.45, 2.75) is 19.4 Å². The van der Waals surface area contributed by atoms with Gasteiger partial charge in [0.1, 0.15) is 0 Å². The van der Waals surface area contributed by atoms with Crippen molar-refractivity contribution in [1.82, 2.24) is 5.32 Å². The Morgan fingerprint density at radius 2 is 1.83 bits per heavy atom. The fourth-order valence-electron chi connectivity index (χ4n) is 1.38. The van der Waals surface area contributed by atoms with Crippen LogP contribution in [0.25, 0.3) is 0 Å². The molecule has 0 saturated carbocycles. The van der Waals surface area contributed by atoms with Gasteiger partial charge in [-0.05, 0) is 0 Å². The fourth-order valence-corrected chi connectivity index (χ4v) is 1.38. The molecule has 1 aromatic rings. The van der Waals surface area contributed by atoms with Crippen molar-refractivity contribution in [3.63, 3.8) is 0 Å². The highest BCUT2D eigenvalue weighted by Crippen LogP contribution is 2.05. The highest BCUT2D eigenvalue weighted by atomic mass is 16.5. The number of amides is 1. The maximum absolute atomic E-state index is 12.1. The normalized spacial score (nSPS) is 11.4. The smallest absolute Gasteiger partial charge is 0.336 e. The lowest BCUT2D eigenvalue weighted by Crippen LogP contribution is -2.46. The van der Waals surface area contributed by atoms with E-state index in [2.05, 4.69) is 10.1 Å². The Hall–Kier alpha value is -2.17. The van der Waals surface area contributed by atoms with Crippen molar-refractivity contribution >= 4 is 17.7 Å². The van der Waals surface area contributed by atoms with E-state index in [1.165, 1.54) is 7.11 Å². The first-order valence-corrected chi connectivity index (χ1v) is 5.56. The minimum atomic E-state index is -1.29. The van der Waals surface area contributed by atoms with Crippen LogP contribution in [0.3, 0.4) is 0 Å². The zero-order valence-corrected chi connectivity index (χ0v) is 10.3. The Morgan fingerprint density at radius 1 is 1.22 bits per heavy atom. The predicted octanol–water partition coefficient (Wildman–Crippen LogP) is 0.937. The number of esters is 1. The third-order valence-electron chi connectivity index (χ3n) is 2.38. The number of Topliss-reactive ketones (excluding diaryl/α,β-unsaturated/α-hetero) is 1. The van der Waals surface area contributed by atoms with E-state index in [9.17, 15) is 14.4 Å². The molecule has 5 nitrogen and oxygen atoms in total. The van der Waals surface area contributed by atoms with Gasteiger partial charge in [0.05, 0.1) is 7.11 Å². The second-order valence-electron chi connectivity index (χ2n) is 3.61. The van der Waals surface area contributed by atoms with Crippen molar-refractivity contribution in [1.29, 1.82) is 0 Å². The number of rotatable bonds is 5. The van der Waals surface area contributed by atoms with Crippen molar-refractivity contribution in [2.24, 2.45) is 0 Å². The third kappa shape index (κ3) is 3.41. The van der Waals surface area contributed by atoms with Gasteiger partial charge in [0.25, 0.3) is 0 Å². The molecule has 0 bridgehead atoms. The number of carbonyl (C=O) groups is 3. The first-order chi connectivity index (χ1) is 8.60. The first kappa shape index (κ1) is 13.9. The molecular formula is C13H15NO4. The number of hydrogen-bond acceptors (Lipinski definition) is 4. The van der Waals surface area contributed by atoms with Gasteiger partial charge >= 0.3 is 5.97 Å². The maximum Gasteiger partial charge on any atom is 0.336 e. The summed E-state index contributed by atoms with van der Waals surface area (Å²) in [5.74, 6) is -1.63. The van der Waals surface area contributed by atoms with Gasteiger partial charge in [-0.2, -0.15) is 0 Å². The third-order valence-corrected chi connectivity index (χ3v) is 2.38. The van der Waals surface area contributed by atoms with Gasteiger partial charge in [0, 0.05) is 12.0 Å². The van der Waals surface area contributed by atoms with E-state index >= 15 is 0 Å². The quantitative estimate of drug-likeness (QED) is 0.479. The summed E-state index contributed by atoms with van der Waals surface area (Å²) in [6, 6.07) is 7.00. The van der Waals surface area contributed by atoms with Crippen molar-refractivity contribution in [3.05, 3.63) is 35.9 Å². The molecule has 96 valence electrons. The molecule has 0 aromatic heterocycles. The Labute approximate surface area is 105 Å². The number of carbonyl (C=O) groups excluding carboxylic acids is 3. The Morgan fingerprint density at radius 3 is 2.33 bits per heavy atom. The van der Waals surface area contributed by atoms with Crippen molar-refractivity contribution < 1.29 is 19.1 Å². The largest absolute Gasteiger partial charge is 0.467 e. The van der Waals surface area contributed by atoms with Gasteiger partial charge in [0.2, 0.25) is 5.91 Å². The molecule has 1 rings (SSSR count). The minimum Gasteiger partial charge on any atom is -0.467 e. The average molecular weight is 249 g/mol. The molecule has 5 heteroatoms. The SMILES string of the molecule is CCC(=O)NC(C(=O)OC)C(=O)c1ccccc1. The molecule has 0 saturated heterocycles. The summed E-state index contributed by atoms with van der Waals surface area (Å²) in [7, 11) is 1.17. The Bertz CT molecular complexity index is 442. The molecular weight excluding hydrogens is 234 g/mol. The molecule has 0 aliphatic heterocycles. The van der Waals surface area contributed by atoms with Crippen LogP contribution in [0.2, 0.25) is 0 Å². The summed E-state index contributed by atoms with van der Waals surface area (Å²) in [6.07, 6.45) is 0.190. The van der Waals surface area contributed by atoms with Crippen LogP contribution in [0.15, 0.2) is 30.3 Å². The van der Waals surface area contributed by atoms with E-state index in [0.717, 1.165) is 0 Å². The zero-order valence-electron chi connectivity index (χ0n) is 10.3. The van der Waals surface area contributed by atoms with Crippen LogP contribution in [-0.2, 0) is 14.3 Å². The lowest BCUT2D eigenvalue weighted by molar-refractivity contribution is -0.143.